The molecule has 0 saturated carbocycles. The van der Waals surface area contributed by atoms with E-state index in [0.29, 0.717) is 28.8 Å². The number of benzene rings is 3. The molecule has 0 aliphatic carbocycles. The van der Waals surface area contributed by atoms with Gasteiger partial charge in [-0.2, -0.15) is 0 Å². The van der Waals surface area contributed by atoms with Gasteiger partial charge in [-0.1, -0.05) is 47.5 Å². The molecule has 1 spiro atoms. The first-order chi connectivity index (χ1) is 17.8. The second-order valence-corrected chi connectivity index (χ2v) is 11.1. The number of hydrogen-bond acceptors (Lipinski definition) is 3. The molecule has 1 amide bonds. The van der Waals surface area contributed by atoms with Crippen molar-refractivity contribution in [2.24, 2.45) is 0 Å². The highest BCUT2D eigenvalue weighted by molar-refractivity contribution is 6.42. The molecule has 2 aliphatic rings. The number of fused-ring (bicyclic) bond motifs is 2. The molecule has 0 aromatic heterocycles. The fourth-order valence-electron chi connectivity index (χ4n) is 5.64. The monoisotopic (exact) mass is 540 g/mol. The summed E-state index contributed by atoms with van der Waals surface area (Å²) in [6.07, 6.45) is 2.75. The van der Waals surface area contributed by atoms with E-state index in [0.717, 1.165) is 55.8 Å². The summed E-state index contributed by atoms with van der Waals surface area (Å²) in [5, 5.41) is 1.04. The largest absolute Gasteiger partial charge is 0.492 e. The molecule has 4 nitrogen and oxygen atoms in total. The molecule has 1 atom stereocenters. The predicted molar refractivity (Wildman–Crippen MR) is 146 cm³/mol. The van der Waals surface area contributed by atoms with E-state index >= 15 is 0 Å². The average molecular weight is 541 g/mol. The summed E-state index contributed by atoms with van der Waals surface area (Å²) in [6.45, 7) is 3.94. The van der Waals surface area contributed by atoms with Crippen LogP contribution in [-0.4, -0.2) is 55.5 Å². The van der Waals surface area contributed by atoms with E-state index in [1.807, 2.05) is 55.6 Å². The Morgan fingerprint density at radius 3 is 2.54 bits per heavy atom. The van der Waals surface area contributed by atoms with Crippen LogP contribution in [0, 0.1) is 5.82 Å². The van der Waals surface area contributed by atoms with E-state index in [1.165, 1.54) is 6.07 Å². The van der Waals surface area contributed by atoms with E-state index in [4.69, 9.17) is 27.9 Å². The number of hydrogen-bond donors (Lipinski definition) is 0. The number of likely N-dealkylation sites (N-methyl/N-ethyl adjacent to an activating group) is 1. The van der Waals surface area contributed by atoms with Gasteiger partial charge in [-0.05, 0) is 86.9 Å². The van der Waals surface area contributed by atoms with Crippen molar-refractivity contribution in [3.63, 3.8) is 0 Å². The summed E-state index contributed by atoms with van der Waals surface area (Å²) >= 11 is 12.5. The van der Waals surface area contributed by atoms with Crippen molar-refractivity contribution in [3.05, 3.63) is 99.3 Å². The summed E-state index contributed by atoms with van der Waals surface area (Å²) in [4.78, 5) is 17.3. The average Bonchev–Trinajstić information content (AvgIpc) is 3.26. The topological polar surface area (TPSA) is 32.8 Å². The maximum Gasteiger partial charge on any atom is 0.253 e. The van der Waals surface area contributed by atoms with Crippen molar-refractivity contribution in [2.45, 2.75) is 30.6 Å². The molecule has 1 fully saturated rings. The minimum atomic E-state index is -0.204. The molecule has 0 N–H and O–H groups in total. The number of ether oxygens (including phenoxy) is 1. The minimum absolute atomic E-state index is 0.00212. The number of carbonyl (C=O) groups excluding carboxylic acids is 1. The summed E-state index contributed by atoms with van der Waals surface area (Å²) in [6, 6.07) is 20.0. The molecule has 0 radical (unpaired) electrons. The van der Waals surface area contributed by atoms with Gasteiger partial charge in [-0.15, -0.1) is 0 Å². The summed E-state index contributed by atoms with van der Waals surface area (Å²) in [5.41, 5.74) is 2.67. The van der Waals surface area contributed by atoms with Crippen LogP contribution in [0.4, 0.5) is 4.39 Å². The van der Waals surface area contributed by atoms with E-state index in [-0.39, 0.29) is 23.1 Å². The van der Waals surface area contributed by atoms with Gasteiger partial charge in [-0.25, -0.2) is 4.39 Å². The van der Waals surface area contributed by atoms with Gasteiger partial charge in [0.15, 0.2) is 0 Å². The molecule has 1 saturated heterocycles. The van der Waals surface area contributed by atoms with Crippen LogP contribution in [0.25, 0.3) is 0 Å². The zero-order valence-corrected chi connectivity index (χ0v) is 22.4. The van der Waals surface area contributed by atoms with Crippen molar-refractivity contribution in [3.8, 4) is 5.75 Å². The van der Waals surface area contributed by atoms with E-state index < -0.39 is 0 Å². The van der Waals surface area contributed by atoms with Gasteiger partial charge in [0.2, 0.25) is 0 Å². The first-order valence-corrected chi connectivity index (χ1v) is 13.5. The molecule has 5 rings (SSSR count). The van der Waals surface area contributed by atoms with Crippen LogP contribution in [0.3, 0.4) is 0 Å². The molecule has 0 bridgehead atoms. The fourth-order valence-corrected chi connectivity index (χ4v) is 5.94. The number of nitrogens with zero attached hydrogens (tertiary/aromatic N) is 2. The third-order valence-corrected chi connectivity index (χ3v) is 8.64. The lowest BCUT2D eigenvalue weighted by Crippen LogP contribution is -2.44. The van der Waals surface area contributed by atoms with E-state index in [9.17, 15) is 9.18 Å². The Labute approximate surface area is 227 Å². The highest BCUT2D eigenvalue weighted by Crippen LogP contribution is 2.45. The van der Waals surface area contributed by atoms with Gasteiger partial charge in [-0.3, -0.25) is 4.79 Å². The van der Waals surface area contributed by atoms with Crippen molar-refractivity contribution >= 4 is 29.1 Å². The van der Waals surface area contributed by atoms with Gasteiger partial charge >= 0.3 is 0 Å². The summed E-state index contributed by atoms with van der Waals surface area (Å²) in [5.74, 6) is 0.719. The first kappa shape index (κ1) is 26.0. The lowest BCUT2D eigenvalue weighted by molar-refractivity contribution is 0.0779. The van der Waals surface area contributed by atoms with E-state index in [2.05, 4.69) is 4.90 Å². The highest BCUT2D eigenvalue weighted by Gasteiger charge is 2.43. The lowest BCUT2D eigenvalue weighted by Gasteiger charge is -2.39. The van der Waals surface area contributed by atoms with Gasteiger partial charge in [0.05, 0.1) is 16.7 Å². The van der Waals surface area contributed by atoms with Crippen molar-refractivity contribution in [1.29, 1.82) is 0 Å². The smallest absolute Gasteiger partial charge is 0.253 e. The van der Waals surface area contributed by atoms with Crippen LogP contribution in [0.2, 0.25) is 10.0 Å². The maximum absolute atomic E-state index is 14.0. The van der Waals surface area contributed by atoms with Gasteiger partial charge in [0.1, 0.15) is 11.6 Å². The third kappa shape index (κ3) is 5.64. The van der Waals surface area contributed by atoms with Gasteiger partial charge < -0.3 is 14.5 Å². The Kier molecular flexibility index (Phi) is 7.75. The number of halogens is 3. The Balaban J connectivity index is 1.26. The number of amides is 1. The number of carbonyl (C=O) groups is 1. The van der Waals surface area contributed by atoms with Gasteiger partial charge in [0, 0.05) is 36.1 Å². The first-order valence-electron chi connectivity index (χ1n) is 12.8. The number of likely N-dealkylation sites (tertiary alicyclic amines) is 1. The van der Waals surface area contributed by atoms with Crippen LogP contribution in [0.5, 0.6) is 5.75 Å². The zero-order valence-electron chi connectivity index (χ0n) is 20.9. The van der Waals surface area contributed by atoms with Crippen molar-refractivity contribution in [1.82, 2.24) is 9.80 Å². The van der Waals surface area contributed by atoms with Crippen LogP contribution in [0.15, 0.2) is 66.7 Å². The molecular formula is C30H31Cl2FN2O2. The second kappa shape index (κ2) is 11.0. The second-order valence-electron chi connectivity index (χ2n) is 10.3. The van der Waals surface area contributed by atoms with Crippen LogP contribution in [-0.2, 0) is 5.41 Å². The fraction of sp³-hybridized carbons (Fsp3) is 0.367. The predicted octanol–water partition coefficient (Wildman–Crippen LogP) is 6.80. The third-order valence-electron chi connectivity index (χ3n) is 7.90. The molecule has 2 heterocycles. The summed E-state index contributed by atoms with van der Waals surface area (Å²) < 4.78 is 19.9. The molecule has 37 heavy (non-hydrogen) atoms. The standard InChI is InChI=1S/C30H31Cl2FN2O2/c1-34(29(36)21-5-3-2-4-6-21)19-23(22-7-9-26(31)27(32)17-22)11-14-35-15-12-30(13-16-35)20-37-28-10-8-24(33)18-25(28)30/h2-10,17-18,23H,11-16,19-20H2,1H3/t23-/m1/s1. The molecule has 194 valence electrons. The Bertz CT molecular complexity index is 1260. The Morgan fingerprint density at radius 1 is 1.05 bits per heavy atom. The molecule has 3 aromatic carbocycles. The van der Waals surface area contributed by atoms with Crippen LogP contribution in [0.1, 0.15) is 46.7 Å². The quantitative estimate of drug-likeness (QED) is 0.330. The molecule has 0 unspecified atom stereocenters. The van der Waals surface area contributed by atoms with E-state index in [1.54, 1.807) is 17.0 Å². The molecule has 7 heteroatoms. The van der Waals surface area contributed by atoms with Crippen LogP contribution >= 0.6 is 23.2 Å². The lowest BCUT2D eigenvalue weighted by atomic mass is 9.74. The SMILES string of the molecule is CN(C[C@@H](CCN1CCC2(CC1)COc1ccc(F)cc12)c1ccc(Cl)c(Cl)c1)C(=O)c1ccccc1. The van der Waals surface area contributed by atoms with Gasteiger partial charge in [0.25, 0.3) is 5.91 Å². The Hall–Kier alpha value is -2.60. The van der Waals surface area contributed by atoms with Crippen molar-refractivity contribution < 1.29 is 13.9 Å². The van der Waals surface area contributed by atoms with Crippen LogP contribution < -0.4 is 4.74 Å². The number of piperidine rings is 1. The summed E-state index contributed by atoms with van der Waals surface area (Å²) in [7, 11) is 1.85. The minimum Gasteiger partial charge on any atom is -0.492 e. The Morgan fingerprint density at radius 2 is 1.81 bits per heavy atom. The molecule has 3 aromatic rings. The molecular weight excluding hydrogens is 510 g/mol. The highest BCUT2D eigenvalue weighted by atomic mass is 35.5. The van der Waals surface area contributed by atoms with Crippen molar-refractivity contribution in [2.75, 3.05) is 39.8 Å². The normalized spacial score (nSPS) is 17.3. The molecule has 2 aliphatic heterocycles. The maximum atomic E-state index is 14.0. The number of rotatable bonds is 7. The zero-order chi connectivity index (χ0) is 26.0.